The van der Waals surface area contributed by atoms with Gasteiger partial charge >= 0.3 is 0 Å². The topological polar surface area (TPSA) is 57.8 Å². The van der Waals surface area contributed by atoms with E-state index in [1.807, 2.05) is 35.7 Å². The van der Waals surface area contributed by atoms with Crippen LogP contribution in [0.3, 0.4) is 0 Å². The third-order valence-electron chi connectivity index (χ3n) is 4.58. The highest BCUT2D eigenvalue weighted by molar-refractivity contribution is 7.17. The minimum atomic E-state index is -0.614. The van der Waals surface area contributed by atoms with Crippen LogP contribution in [-0.4, -0.2) is 9.97 Å². The Labute approximate surface area is 163 Å². The van der Waals surface area contributed by atoms with E-state index >= 15 is 0 Å². The Bertz CT molecular complexity index is 1190. The van der Waals surface area contributed by atoms with Gasteiger partial charge in [0.15, 0.2) is 0 Å². The summed E-state index contributed by atoms with van der Waals surface area (Å²) in [5.74, 6) is -0.757. The highest BCUT2D eigenvalue weighted by Gasteiger charge is 2.15. The van der Waals surface area contributed by atoms with Crippen LogP contribution in [0, 0.1) is 11.6 Å². The van der Waals surface area contributed by atoms with Crippen molar-refractivity contribution in [1.29, 1.82) is 0 Å². The van der Waals surface area contributed by atoms with Crippen LogP contribution in [-0.2, 0) is 6.54 Å². The van der Waals surface area contributed by atoms with Crippen molar-refractivity contribution < 1.29 is 8.78 Å². The molecule has 28 heavy (non-hydrogen) atoms. The van der Waals surface area contributed by atoms with E-state index in [4.69, 9.17) is 0 Å². The Morgan fingerprint density at radius 1 is 1.18 bits per heavy atom. The molecule has 1 atom stereocenters. The summed E-state index contributed by atoms with van der Waals surface area (Å²) in [7, 11) is 0. The van der Waals surface area contributed by atoms with Crippen LogP contribution in [0.15, 0.2) is 58.7 Å². The van der Waals surface area contributed by atoms with Crippen LogP contribution in [0.5, 0.6) is 0 Å². The van der Waals surface area contributed by atoms with Gasteiger partial charge in [0.25, 0.3) is 5.56 Å². The second-order valence-corrected chi connectivity index (χ2v) is 7.33. The third kappa shape index (κ3) is 3.58. The number of nitrogens with zero attached hydrogens (tertiary/aromatic N) is 1. The van der Waals surface area contributed by atoms with Crippen LogP contribution in [0.25, 0.3) is 21.3 Å². The predicted octanol–water partition coefficient (Wildman–Crippen LogP) is 4.78. The summed E-state index contributed by atoms with van der Waals surface area (Å²) < 4.78 is 27.0. The fraction of sp³-hybridized carbons (Fsp3) is 0.143. The van der Waals surface area contributed by atoms with Gasteiger partial charge in [-0.05, 0) is 18.6 Å². The normalized spacial score (nSPS) is 12.4. The number of thiophene rings is 1. The molecule has 4 rings (SSSR count). The van der Waals surface area contributed by atoms with Gasteiger partial charge in [-0.3, -0.25) is 4.79 Å². The maximum absolute atomic E-state index is 13.9. The van der Waals surface area contributed by atoms with Crippen molar-refractivity contribution in [3.63, 3.8) is 0 Å². The Hall–Kier alpha value is -2.90. The summed E-state index contributed by atoms with van der Waals surface area (Å²) in [6.45, 7) is 2.02. The molecule has 142 valence electrons. The minimum Gasteiger partial charge on any atom is -0.309 e. The number of halogens is 2. The summed E-state index contributed by atoms with van der Waals surface area (Å²) >= 11 is 1.41. The first-order valence-electron chi connectivity index (χ1n) is 8.77. The highest BCUT2D eigenvalue weighted by atomic mass is 32.1. The Kier molecular flexibility index (Phi) is 5.02. The van der Waals surface area contributed by atoms with Gasteiger partial charge in [0.05, 0.1) is 11.9 Å². The van der Waals surface area contributed by atoms with E-state index < -0.39 is 11.6 Å². The molecule has 0 spiro atoms. The first-order chi connectivity index (χ1) is 13.5. The zero-order chi connectivity index (χ0) is 19.7. The number of hydrogen-bond acceptors (Lipinski definition) is 4. The van der Waals surface area contributed by atoms with Gasteiger partial charge < -0.3 is 10.3 Å². The molecule has 0 unspecified atom stereocenters. The maximum Gasteiger partial charge on any atom is 0.260 e. The highest BCUT2D eigenvalue weighted by Crippen LogP contribution is 2.30. The van der Waals surface area contributed by atoms with Crippen molar-refractivity contribution in [2.75, 3.05) is 0 Å². The van der Waals surface area contributed by atoms with E-state index in [1.165, 1.54) is 23.5 Å². The maximum atomic E-state index is 13.9. The molecule has 0 aliphatic heterocycles. The number of fused-ring (bicyclic) bond motifs is 1. The van der Waals surface area contributed by atoms with Crippen molar-refractivity contribution in [2.24, 2.45) is 0 Å². The molecule has 0 fully saturated rings. The fourth-order valence-corrected chi connectivity index (χ4v) is 4.09. The fourth-order valence-electron chi connectivity index (χ4n) is 3.12. The quantitative estimate of drug-likeness (QED) is 0.510. The molecular weight excluding hydrogens is 380 g/mol. The number of hydrogen-bond donors (Lipinski definition) is 2. The molecular formula is C21H17F2N3OS. The van der Waals surface area contributed by atoms with Gasteiger partial charge in [-0.1, -0.05) is 36.4 Å². The van der Waals surface area contributed by atoms with Gasteiger partial charge in [-0.15, -0.1) is 11.3 Å². The number of benzene rings is 2. The molecule has 2 aromatic carbocycles. The van der Waals surface area contributed by atoms with Crippen molar-refractivity contribution in [3.05, 3.63) is 87.3 Å². The van der Waals surface area contributed by atoms with Crippen LogP contribution in [0.2, 0.25) is 0 Å². The standard InChI is InChI=1S/C21H17F2N3OS/c1-12(15-8-7-14(22)9-17(15)23)24-10-18-25-20(27)19-16(11-28-21(19)26-18)13-5-3-2-4-6-13/h2-9,11-12,24H,10H2,1H3,(H,25,26,27)/t12-/m1/s1. The Morgan fingerprint density at radius 3 is 2.71 bits per heavy atom. The number of H-pyrrole nitrogens is 1. The van der Waals surface area contributed by atoms with E-state index in [1.54, 1.807) is 6.92 Å². The Balaban J connectivity index is 1.58. The van der Waals surface area contributed by atoms with Crippen LogP contribution in [0.4, 0.5) is 8.78 Å². The van der Waals surface area contributed by atoms with Gasteiger partial charge in [0.2, 0.25) is 0 Å². The van der Waals surface area contributed by atoms with Gasteiger partial charge in [-0.25, -0.2) is 13.8 Å². The summed E-state index contributed by atoms with van der Waals surface area (Å²) in [4.78, 5) is 20.6. The van der Waals surface area contributed by atoms with Crippen molar-refractivity contribution in [3.8, 4) is 11.1 Å². The lowest BCUT2D eigenvalue weighted by molar-refractivity contribution is 0.511. The van der Waals surface area contributed by atoms with Gasteiger partial charge in [-0.2, -0.15) is 0 Å². The first-order valence-corrected chi connectivity index (χ1v) is 9.65. The second kappa shape index (κ2) is 7.61. The van der Waals surface area contributed by atoms with Crippen molar-refractivity contribution in [2.45, 2.75) is 19.5 Å². The zero-order valence-electron chi connectivity index (χ0n) is 15.0. The lowest BCUT2D eigenvalue weighted by Crippen LogP contribution is -2.22. The SMILES string of the molecule is C[C@@H](NCc1nc2scc(-c3ccccc3)c2c(=O)[nH]1)c1ccc(F)cc1F. The van der Waals surface area contributed by atoms with Crippen LogP contribution in [0.1, 0.15) is 24.4 Å². The number of rotatable bonds is 5. The number of aromatic amines is 1. The summed E-state index contributed by atoms with van der Waals surface area (Å²) in [5, 5.41) is 5.61. The van der Waals surface area contributed by atoms with E-state index in [9.17, 15) is 13.6 Å². The van der Waals surface area contributed by atoms with Crippen LogP contribution < -0.4 is 10.9 Å². The zero-order valence-corrected chi connectivity index (χ0v) is 15.8. The minimum absolute atomic E-state index is 0.206. The lowest BCUT2D eigenvalue weighted by atomic mass is 10.1. The lowest BCUT2D eigenvalue weighted by Gasteiger charge is -2.14. The van der Waals surface area contributed by atoms with E-state index in [-0.39, 0.29) is 18.1 Å². The van der Waals surface area contributed by atoms with Gasteiger partial charge in [0, 0.05) is 28.6 Å². The largest absolute Gasteiger partial charge is 0.309 e. The molecule has 0 bridgehead atoms. The van der Waals surface area contributed by atoms with E-state index in [0.29, 0.717) is 21.6 Å². The molecule has 2 aromatic heterocycles. The summed E-state index contributed by atoms with van der Waals surface area (Å²) in [6, 6.07) is 12.8. The smallest absolute Gasteiger partial charge is 0.260 e. The molecule has 2 heterocycles. The summed E-state index contributed by atoms with van der Waals surface area (Å²) in [5.41, 5.74) is 1.97. The average molecular weight is 397 g/mol. The molecule has 0 aliphatic carbocycles. The second-order valence-electron chi connectivity index (χ2n) is 6.48. The molecule has 2 N–H and O–H groups in total. The molecule has 0 amide bonds. The first kappa shape index (κ1) is 18.5. The number of aromatic nitrogens is 2. The summed E-state index contributed by atoms with van der Waals surface area (Å²) in [6.07, 6.45) is 0. The molecule has 0 radical (unpaired) electrons. The van der Waals surface area contributed by atoms with Gasteiger partial charge in [0.1, 0.15) is 22.3 Å². The molecule has 0 saturated carbocycles. The van der Waals surface area contributed by atoms with E-state index in [0.717, 1.165) is 17.2 Å². The molecule has 0 saturated heterocycles. The van der Waals surface area contributed by atoms with Crippen LogP contribution >= 0.6 is 11.3 Å². The van der Waals surface area contributed by atoms with Crippen molar-refractivity contribution >= 4 is 21.6 Å². The number of nitrogens with one attached hydrogen (secondary N) is 2. The predicted molar refractivity (Wildman–Crippen MR) is 107 cm³/mol. The molecule has 0 aliphatic rings. The van der Waals surface area contributed by atoms with E-state index in [2.05, 4.69) is 15.3 Å². The molecule has 4 aromatic rings. The molecule has 7 heteroatoms. The monoisotopic (exact) mass is 397 g/mol. The Morgan fingerprint density at radius 2 is 1.96 bits per heavy atom. The molecule has 4 nitrogen and oxygen atoms in total. The third-order valence-corrected chi connectivity index (χ3v) is 5.45. The average Bonchev–Trinajstić information content (AvgIpc) is 3.11. The van der Waals surface area contributed by atoms with Crippen molar-refractivity contribution in [1.82, 2.24) is 15.3 Å².